The Kier molecular flexibility index (Phi) is 6.50. The molecule has 0 aliphatic carbocycles. The van der Waals surface area contributed by atoms with Crippen LogP contribution in [0.25, 0.3) is 17.0 Å². The van der Waals surface area contributed by atoms with E-state index in [-0.39, 0.29) is 18.4 Å². The Balaban J connectivity index is 1.48. The maximum atomic E-state index is 13.2. The summed E-state index contributed by atoms with van der Waals surface area (Å²) in [5.74, 6) is 0.0290. The Bertz CT molecular complexity index is 1190. The van der Waals surface area contributed by atoms with Crippen molar-refractivity contribution in [3.8, 4) is 0 Å². The third kappa shape index (κ3) is 4.93. The molecule has 1 aliphatic heterocycles. The topological polar surface area (TPSA) is 128 Å². The Hall–Kier alpha value is -3.98. The van der Waals surface area contributed by atoms with E-state index in [1.807, 2.05) is 30.3 Å². The first kappa shape index (κ1) is 22.2. The highest BCUT2D eigenvalue weighted by Crippen LogP contribution is 2.21. The molecule has 1 saturated heterocycles. The lowest BCUT2D eigenvalue weighted by Gasteiger charge is -2.40. The summed E-state index contributed by atoms with van der Waals surface area (Å²) in [7, 11) is 1.52. The standard InChI is InChI=1S/C24H26N6O3/c1-33-14-21-24(32)29(13-17-4-8-19-20(12-17)27-15-28-23(19)26)10-11-30(21)22(31)9-5-16-2-6-18(25)7-3-16/h2-9,12,15,21H,10-11,13-14,25H2,1H3,(H2,26,27,28)/t21-/m0/s1. The van der Waals surface area contributed by atoms with Crippen LogP contribution in [0.3, 0.4) is 0 Å². The van der Waals surface area contributed by atoms with Gasteiger partial charge in [-0.3, -0.25) is 9.59 Å². The summed E-state index contributed by atoms with van der Waals surface area (Å²) in [6.45, 7) is 1.36. The van der Waals surface area contributed by atoms with E-state index in [1.165, 1.54) is 19.5 Å². The van der Waals surface area contributed by atoms with Gasteiger partial charge in [-0.05, 0) is 41.5 Å². The predicted octanol–water partition coefficient (Wildman–Crippen LogP) is 1.69. The molecule has 2 heterocycles. The number of methoxy groups -OCH3 is 1. The second-order valence-electron chi connectivity index (χ2n) is 7.87. The van der Waals surface area contributed by atoms with Gasteiger partial charge in [-0.2, -0.15) is 0 Å². The first-order valence-corrected chi connectivity index (χ1v) is 10.6. The normalized spacial score (nSPS) is 16.6. The molecule has 9 heteroatoms. The van der Waals surface area contributed by atoms with Gasteiger partial charge in [0.05, 0.1) is 12.1 Å². The van der Waals surface area contributed by atoms with E-state index in [2.05, 4.69) is 9.97 Å². The van der Waals surface area contributed by atoms with Crippen molar-refractivity contribution in [1.82, 2.24) is 19.8 Å². The minimum atomic E-state index is -0.689. The summed E-state index contributed by atoms with van der Waals surface area (Å²) < 4.78 is 5.27. The number of rotatable bonds is 6. The quantitative estimate of drug-likeness (QED) is 0.436. The number of ether oxygens (including phenoxy) is 1. The van der Waals surface area contributed by atoms with Crippen LogP contribution in [0.2, 0.25) is 0 Å². The van der Waals surface area contributed by atoms with Crippen LogP contribution in [-0.4, -0.2) is 64.4 Å². The number of carbonyl (C=O) groups is 2. The number of aromatic nitrogens is 2. The second-order valence-corrected chi connectivity index (χ2v) is 7.87. The van der Waals surface area contributed by atoms with Crippen LogP contribution in [0.1, 0.15) is 11.1 Å². The zero-order valence-electron chi connectivity index (χ0n) is 18.3. The molecule has 0 radical (unpaired) electrons. The fraction of sp³-hybridized carbons (Fsp3) is 0.250. The summed E-state index contributed by atoms with van der Waals surface area (Å²) in [5, 5.41) is 0.771. The van der Waals surface area contributed by atoms with Gasteiger partial charge < -0.3 is 26.0 Å². The van der Waals surface area contributed by atoms with Gasteiger partial charge in [-0.25, -0.2) is 9.97 Å². The molecular weight excluding hydrogens is 420 g/mol. The fourth-order valence-corrected chi connectivity index (χ4v) is 3.89. The summed E-state index contributed by atoms with van der Waals surface area (Å²) >= 11 is 0. The van der Waals surface area contributed by atoms with Crippen molar-refractivity contribution in [2.45, 2.75) is 12.6 Å². The van der Waals surface area contributed by atoms with Crippen LogP contribution in [0.5, 0.6) is 0 Å². The van der Waals surface area contributed by atoms with Crippen LogP contribution < -0.4 is 11.5 Å². The molecule has 33 heavy (non-hydrogen) atoms. The molecule has 1 aromatic heterocycles. The molecule has 4 rings (SSSR count). The molecule has 4 N–H and O–H groups in total. The van der Waals surface area contributed by atoms with Crippen molar-refractivity contribution in [2.24, 2.45) is 0 Å². The number of carbonyl (C=O) groups excluding carboxylic acids is 2. The Morgan fingerprint density at radius 3 is 2.70 bits per heavy atom. The van der Waals surface area contributed by atoms with Crippen molar-refractivity contribution in [3.05, 3.63) is 66.0 Å². The lowest BCUT2D eigenvalue weighted by Crippen LogP contribution is -2.59. The molecule has 0 saturated carbocycles. The number of anilines is 2. The molecule has 170 valence electrons. The average molecular weight is 447 g/mol. The first-order valence-electron chi connectivity index (χ1n) is 10.6. The molecule has 1 aliphatic rings. The lowest BCUT2D eigenvalue weighted by molar-refractivity contribution is -0.152. The Morgan fingerprint density at radius 1 is 1.15 bits per heavy atom. The molecule has 2 amide bonds. The maximum Gasteiger partial charge on any atom is 0.248 e. The minimum Gasteiger partial charge on any atom is -0.399 e. The van der Waals surface area contributed by atoms with Gasteiger partial charge in [-0.15, -0.1) is 0 Å². The summed E-state index contributed by atoms with van der Waals surface area (Å²) in [6, 6.07) is 12.2. The number of hydrogen-bond donors (Lipinski definition) is 2. The summed E-state index contributed by atoms with van der Waals surface area (Å²) in [4.78, 5) is 37.7. The molecule has 3 aromatic rings. The van der Waals surface area contributed by atoms with Gasteiger partial charge in [0.15, 0.2) is 0 Å². The maximum absolute atomic E-state index is 13.2. The first-order chi connectivity index (χ1) is 16.0. The Labute approximate surface area is 191 Å². The van der Waals surface area contributed by atoms with E-state index in [9.17, 15) is 9.59 Å². The van der Waals surface area contributed by atoms with Crippen LogP contribution in [0.4, 0.5) is 11.5 Å². The summed E-state index contributed by atoms with van der Waals surface area (Å²) in [6.07, 6.45) is 4.61. The van der Waals surface area contributed by atoms with Gasteiger partial charge in [0.25, 0.3) is 0 Å². The molecular formula is C24H26N6O3. The smallest absolute Gasteiger partial charge is 0.248 e. The fourth-order valence-electron chi connectivity index (χ4n) is 3.89. The third-order valence-corrected chi connectivity index (χ3v) is 5.65. The van der Waals surface area contributed by atoms with Crippen molar-refractivity contribution < 1.29 is 14.3 Å². The van der Waals surface area contributed by atoms with Gasteiger partial charge in [0, 0.05) is 43.9 Å². The van der Waals surface area contributed by atoms with E-state index in [1.54, 1.807) is 28.0 Å². The number of fused-ring (bicyclic) bond motifs is 1. The largest absolute Gasteiger partial charge is 0.399 e. The third-order valence-electron chi connectivity index (χ3n) is 5.65. The molecule has 9 nitrogen and oxygen atoms in total. The number of hydrogen-bond acceptors (Lipinski definition) is 7. The van der Waals surface area contributed by atoms with Crippen molar-refractivity contribution in [2.75, 3.05) is 38.3 Å². The second kappa shape index (κ2) is 9.66. The van der Waals surface area contributed by atoms with Gasteiger partial charge in [-0.1, -0.05) is 18.2 Å². The van der Waals surface area contributed by atoms with Gasteiger partial charge >= 0.3 is 0 Å². The van der Waals surface area contributed by atoms with Crippen molar-refractivity contribution in [3.63, 3.8) is 0 Å². The minimum absolute atomic E-state index is 0.123. The summed E-state index contributed by atoms with van der Waals surface area (Å²) in [5.41, 5.74) is 14.8. The number of nitrogens with zero attached hydrogens (tertiary/aromatic N) is 4. The number of piperazine rings is 1. The average Bonchev–Trinajstić information content (AvgIpc) is 2.81. The monoisotopic (exact) mass is 446 g/mol. The van der Waals surface area contributed by atoms with Crippen molar-refractivity contribution >= 4 is 40.3 Å². The molecule has 1 fully saturated rings. The van der Waals surface area contributed by atoms with Gasteiger partial charge in [0.1, 0.15) is 18.2 Å². The zero-order chi connectivity index (χ0) is 23.4. The van der Waals surface area contributed by atoms with Crippen LogP contribution in [0.15, 0.2) is 54.9 Å². The van der Waals surface area contributed by atoms with E-state index < -0.39 is 6.04 Å². The number of nitrogens with two attached hydrogens (primary N) is 2. The number of nitrogen functional groups attached to an aromatic ring is 2. The molecule has 0 bridgehead atoms. The highest BCUT2D eigenvalue weighted by atomic mass is 16.5. The lowest BCUT2D eigenvalue weighted by atomic mass is 10.1. The number of amides is 2. The molecule has 1 atom stereocenters. The predicted molar refractivity (Wildman–Crippen MR) is 127 cm³/mol. The van der Waals surface area contributed by atoms with Crippen LogP contribution >= 0.6 is 0 Å². The highest BCUT2D eigenvalue weighted by molar-refractivity contribution is 5.96. The Morgan fingerprint density at radius 2 is 1.94 bits per heavy atom. The van der Waals surface area contributed by atoms with E-state index >= 15 is 0 Å². The SMILES string of the molecule is COC[C@H]1C(=O)N(Cc2ccc3c(N)ncnc3c2)CCN1C(=O)C=Cc1ccc(N)cc1. The van der Waals surface area contributed by atoms with Crippen LogP contribution in [0, 0.1) is 0 Å². The van der Waals surface area contributed by atoms with Crippen LogP contribution in [-0.2, 0) is 20.9 Å². The van der Waals surface area contributed by atoms with Crippen molar-refractivity contribution in [1.29, 1.82) is 0 Å². The van der Waals surface area contributed by atoms with Gasteiger partial charge in [0.2, 0.25) is 11.8 Å². The highest BCUT2D eigenvalue weighted by Gasteiger charge is 2.36. The van der Waals surface area contributed by atoms with E-state index in [0.717, 1.165) is 22.0 Å². The molecule has 0 spiro atoms. The van der Waals surface area contributed by atoms with E-state index in [4.69, 9.17) is 16.2 Å². The number of benzene rings is 2. The van der Waals surface area contributed by atoms with E-state index in [0.29, 0.717) is 31.1 Å². The molecule has 2 aromatic carbocycles. The zero-order valence-corrected chi connectivity index (χ0v) is 18.3. The molecule has 0 unspecified atom stereocenters.